The van der Waals surface area contributed by atoms with Crippen molar-refractivity contribution in [2.24, 2.45) is 0 Å². The molecule has 0 aliphatic rings. The lowest BCUT2D eigenvalue weighted by Crippen LogP contribution is -2.45. The molecule has 0 aromatic carbocycles. The number of quaternary nitrogens is 1. The van der Waals surface area contributed by atoms with E-state index in [0.29, 0.717) is 17.4 Å². The lowest BCUT2D eigenvalue weighted by molar-refractivity contribution is -0.870. The maximum Gasteiger partial charge on any atom is 0.472 e. The summed E-state index contributed by atoms with van der Waals surface area (Å²) in [4.78, 5) is 23.4. The Hall–Kier alpha value is -1.54. The average molecular weight is 1130 g/mol. The van der Waals surface area contributed by atoms with E-state index in [1.165, 1.54) is 276 Å². The van der Waals surface area contributed by atoms with Gasteiger partial charge in [0.25, 0.3) is 0 Å². The third-order valence-corrected chi connectivity index (χ3v) is 16.8. The number of unbranched alkanes of at least 4 members (excludes halogenated alkanes) is 45. The smallest absolute Gasteiger partial charge is 0.387 e. The second kappa shape index (κ2) is 61.0. The zero-order chi connectivity index (χ0) is 57.7. The SMILES string of the molecule is CCCCCCC/C=C\C/C=C\CCCCCCCCCCCCCCCCCC(=O)NC(COP(=O)(O)OCC[N+](C)(C)C)C(O)/C=C/CC/C=C/CCCCCCCCCCCCCCCCCCCCCCCCCC. The van der Waals surface area contributed by atoms with Crippen molar-refractivity contribution in [3.05, 3.63) is 48.6 Å². The Labute approximate surface area is 492 Å². The van der Waals surface area contributed by atoms with Crippen LogP contribution in [0.2, 0.25) is 0 Å². The van der Waals surface area contributed by atoms with Crippen molar-refractivity contribution in [1.29, 1.82) is 0 Å². The number of phosphoric acid groups is 1. The second-order valence-corrected chi connectivity index (χ2v) is 26.4. The molecule has 0 bridgehead atoms. The molecule has 0 aromatic heterocycles. The van der Waals surface area contributed by atoms with Gasteiger partial charge in [-0.3, -0.25) is 13.8 Å². The Kier molecular flexibility index (Phi) is 59.8. The molecule has 0 saturated carbocycles. The van der Waals surface area contributed by atoms with Crippen LogP contribution in [0.5, 0.6) is 0 Å². The largest absolute Gasteiger partial charge is 0.472 e. The molecular formula is C70H136N2O6P+. The lowest BCUT2D eigenvalue weighted by Gasteiger charge is -2.25. The molecule has 0 radical (unpaired) electrons. The van der Waals surface area contributed by atoms with E-state index >= 15 is 0 Å². The van der Waals surface area contributed by atoms with Gasteiger partial charge < -0.3 is 19.8 Å². The molecule has 0 aromatic rings. The minimum Gasteiger partial charge on any atom is -0.387 e. The number of likely N-dealkylation sites (N-methyl/N-ethyl adjacent to an activating group) is 1. The molecule has 0 fully saturated rings. The van der Waals surface area contributed by atoms with Gasteiger partial charge in [0, 0.05) is 6.42 Å². The molecule has 0 aliphatic carbocycles. The van der Waals surface area contributed by atoms with Crippen LogP contribution in [0.3, 0.4) is 0 Å². The number of nitrogens with one attached hydrogen (secondary N) is 1. The summed E-state index contributed by atoms with van der Waals surface area (Å²) < 4.78 is 23.8. The Balaban J connectivity index is 4.11. The zero-order valence-electron chi connectivity index (χ0n) is 53.4. The van der Waals surface area contributed by atoms with Gasteiger partial charge in [-0.2, -0.15) is 0 Å². The van der Waals surface area contributed by atoms with Gasteiger partial charge >= 0.3 is 7.82 Å². The fraction of sp³-hybridized carbons (Fsp3) is 0.871. The summed E-state index contributed by atoms with van der Waals surface area (Å²) in [6, 6.07) is -0.866. The number of aliphatic hydroxyl groups is 1. The van der Waals surface area contributed by atoms with Crippen LogP contribution in [0, 0.1) is 0 Å². The molecule has 0 spiro atoms. The van der Waals surface area contributed by atoms with Gasteiger partial charge in [-0.25, -0.2) is 4.57 Å². The van der Waals surface area contributed by atoms with Crippen molar-refractivity contribution >= 4 is 13.7 Å². The van der Waals surface area contributed by atoms with Crippen molar-refractivity contribution in [2.45, 2.75) is 353 Å². The monoisotopic (exact) mass is 1130 g/mol. The minimum absolute atomic E-state index is 0.0565. The molecule has 3 atom stereocenters. The lowest BCUT2D eigenvalue weighted by atomic mass is 10.0. The topological polar surface area (TPSA) is 105 Å². The predicted octanol–water partition coefficient (Wildman–Crippen LogP) is 21.8. The molecule has 0 heterocycles. The van der Waals surface area contributed by atoms with Crippen molar-refractivity contribution in [3.63, 3.8) is 0 Å². The highest BCUT2D eigenvalue weighted by Crippen LogP contribution is 2.43. The third-order valence-electron chi connectivity index (χ3n) is 15.8. The molecule has 466 valence electrons. The number of amides is 1. The highest BCUT2D eigenvalue weighted by atomic mass is 31.2. The number of carbonyl (C=O) groups excluding carboxylic acids is 1. The maximum atomic E-state index is 13.0. The number of allylic oxidation sites excluding steroid dienone is 7. The van der Waals surface area contributed by atoms with E-state index in [1.807, 2.05) is 27.2 Å². The molecule has 8 nitrogen and oxygen atoms in total. The quantitative estimate of drug-likeness (QED) is 0.0243. The number of hydrogen-bond acceptors (Lipinski definition) is 5. The van der Waals surface area contributed by atoms with Crippen molar-refractivity contribution in [1.82, 2.24) is 5.32 Å². The standard InChI is InChI=1S/C70H135N2O6P/c1-6-8-10-12-14-16-18-20-22-24-26-28-30-32-34-35-36-38-39-41-43-45-47-49-51-53-55-57-59-61-63-69(73)68(67-78-79(75,76)77-66-65-72(3,4)5)71-70(74)64-62-60-58-56-54-52-50-48-46-44-42-40-37-33-31-29-27-25-23-21-19-17-15-13-11-9-7-2/h19,21,25,27,53,55,61,63,68-69,73H,6-18,20,22-24,26,28-52,54,56-60,62,64-67H2,1-5H3,(H-,71,74,75,76)/p+1/b21-19-,27-25-,55-53+,63-61+. The van der Waals surface area contributed by atoms with Gasteiger partial charge in [-0.05, 0) is 64.2 Å². The van der Waals surface area contributed by atoms with E-state index in [-0.39, 0.29) is 19.1 Å². The van der Waals surface area contributed by atoms with Crippen LogP contribution in [0.25, 0.3) is 0 Å². The summed E-state index contributed by atoms with van der Waals surface area (Å²) in [7, 11) is 1.57. The summed E-state index contributed by atoms with van der Waals surface area (Å²) >= 11 is 0. The second-order valence-electron chi connectivity index (χ2n) is 24.9. The molecule has 0 aliphatic heterocycles. The van der Waals surface area contributed by atoms with E-state index in [1.54, 1.807) is 6.08 Å². The van der Waals surface area contributed by atoms with Crippen LogP contribution in [0.4, 0.5) is 0 Å². The first-order chi connectivity index (χ1) is 38.5. The number of rotatable bonds is 64. The fourth-order valence-electron chi connectivity index (χ4n) is 10.4. The Morgan fingerprint density at radius 1 is 0.430 bits per heavy atom. The van der Waals surface area contributed by atoms with Gasteiger partial charge in [0.1, 0.15) is 13.2 Å². The van der Waals surface area contributed by atoms with Gasteiger partial charge in [-0.15, -0.1) is 0 Å². The highest BCUT2D eigenvalue weighted by molar-refractivity contribution is 7.47. The summed E-state index contributed by atoms with van der Waals surface area (Å²) in [6.45, 7) is 4.83. The molecule has 0 rings (SSSR count). The predicted molar refractivity (Wildman–Crippen MR) is 346 cm³/mol. The molecule has 9 heteroatoms. The maximum absolute atomic E-state index is 13.0. The highest BCUT2D eigenvalue weighted by Gasteiger charge is 2.28. The molecule has 79 heavy (non-hydrogen) atoms. The molecule has 1 amide bonds. The van der Waals surface area contributed by atoms with E-state index in [4.69, 9.17) is 9.05 Å². The van der Waals surface area contributed by atoms with Crippen molar-refractivity contribution < 1.29 is 32.9 Å². The van der Waals surface area contributed by atoms with Gasteiger partial charge in [0.15, 0.2) is 0 Å². The number of nitrogens with zero attached hydrogens (tertiary/aromatic N) is 1. The van der Waals surface area contributed by atoms with Crippen molar-refractivity contribution in [3.8, 4) is 0 Å². The van der Waals surface area contributed by atoms with Crippen LogP contribution in [-0.4, -0.2) is 73.4 Å². The van der Waals surface area contributed by atoms with E-state index < -0.39 is 20.0 Å². The summed E-state index contributed by atoms with van der Waals surface area (Å²) in [5.74, 6) is -0.182. The normalized spacial score (nSPS) is 14.0. The Bertz CT molecular complexity index is 1430. The Morgan fingerprint density at radius 3 is 1.09 bits per heavy atom. The van der Waals surface area contributed by atoms with E-state index in [9.17, 15) is 19.4 Å². The zero-order valence-corrected chi connectivity index (χ0v) is 54.3. The number of carbonyl (C=O) groups is 1. The molecule has 3 N–H and O–H groups in total. The van der Waals surface area contributed by atoms with Crippen LogP contribution in [0.1, 0.15) is 341 Å². The first-order valence-electron chi connectivity index (χ1n) is 34.5. The number of phosphoric ester groups is 1. The van der Waals surface area contributed by atoms with E-state index in [2.05, 4.69) is 55.6 Å². The molecule has 0 saturated heterocycles. The first-order valence-corrected chi connectivity index (χ1v) is 36.0. The van der Waals surface area contributed by atoms with Gasteiger partial charge in [-0.1, -0.05) is 319 Å². The summed E-state index contributed by atoms with van der Waals surface area (Å²) in [5, 5.41) is 14.0. The first kappa shape index (κ1) is 77.5. The van der Waals surface area contributed by atoms with Crippen LogP contribution in [-0.2, 0) is 18.4 Å². The Morgan fingerprint density at radius 2 is 0.734 bits per heavy atom. The molecule has 3 unspecified atom stereocenters. The molecular weight excluding hydrogens is 996 g/mol. The van der Waals surface area contributed by atoms with Crippen molar-refractivity contribution in [2.75, 3.05) is 40.9 Å². The van der Waals surface area contributed by atoms with Crippen LogP contribution < -0.4 is 5.32 Å². The van der Waals surface area contributed by atoms with Gasteiger partial charge in [0.05, 0.1) is 39.9 Å². The third kappa shape index (κ3) is 63.9. The average Bonchev–Trinajstić information content (AvgIpc) is 3.42. The fourth-order valence-corrected chi connectivity index (χ4v) is 11.1. The van der Waals surface area contributed by atoms with Crippen LogP contribution in [0.15, 0.2) is 48.6 Å². The van der Waals surface area contributed by atoms with Gasteiger partial charge in [0.2, 0.25) is 5.91 Å². The minimum atomic E-state index is -4.36. The van der Waals surface area contributed by atoms with E-state index in [0.717, 1.165) is 44.9 Å². The summed E-state index contributed by atoms with van der Waals surface area (Å²) in [6.07, 6.45) is 82.6. The number of aliphatic hydroxyl groups excluding tert-OH is 1. The number of hydrogen-bond donors (Lipinski definition) is 3. The summed E-state index contributed by atoms with van der Waals surface area (Å²) in [5.41, 5.74) is 0. The van der Waals surface area contributed by atoms with Crippen LogP contribution >= 0.6 is 7.82 Å².